The molecule has 38 heavy (non-hydrogen) atoms. The summed E-state index contributed by atoms with van der Waals surface area (Å²) in [7, 11) is 1.60. The number of alkyl halides is 1. The van der Waals surface area contributed by atoms with E-state index in [0.29, 0.717) is 34.2 Å². The van der Waals surface area contributed by atoms with E-state index in [1.165, 1.54) is 0 Å². The first-order valence-electron chi connectivity index (χ1n) is 12.9. The number of likely N-dealkylation sites (tertiary alicyclic amines) is 1. The van der Waals surface area contributed by atoms with E-state index in [2.05, 4.69) is 9.88 Å². The third-order valence-corrected chi connectivity index (χ3v) is 9.36. The monoisotopic (exact) mass is 578 g/mol. The molecule has 1 aliphatic rings. The van der Waals surface area contributed by atoms with Crippen LogP contribution in [0.2, 0.25) is 10.0 Å². The average molecular weight is 580 g/mol. The van der Waals surface area contributed by atoms with Crippen LogP contribution in [-0.4, -0.2) is 53.5 Å². The SMILES string of the molecule is COc1ccc2nccc([C@@H](F)CCC3CCN(CCSc4c(Cl)cccc4Cl)CC3CCC(=O)O)c2c1. The first-order valence-corrected chi connectivity index (χ1v) is 14.7. The number of thioether (sulfide) groups is 1. The second-order valence-electron chi connectivity index (χ2n) is 9.77. The molecule has 3 aromatic rings. The fourth-order valence-electron chi connectivity index (χ4n) is 5.33. The highest BCUT2D eigenvalue weighted by atomic mass is 35.5. The number of carbonyl (C=O) groups is 1. The molecule has 4 rings (SSSR count). The van der Waals surface area contributed by atoms with Crippen molar-refractivity contribution in [1.82, 2.24) is 9.88 Å². The molecule has 0 radical (unpaired) electrons. The summed E-state index contributed by atoms with van der Waals surface area (Å²) in [5.41, 5.74) is 1.37. The molecule has 0 saturated carbocycles. The zero-order valence-electron chi connectivity index (χ0n) is 21.4. The van der Waals surface area contributed by atoms with Gasteiger partial charge in [-0.05, 0) is 86.0 Å². The Morgan fingerprint density at radius 2 is 2.00 bits per heavy atom. The van der Waals surface area contributed by atoms with Crippen molar-refractivity contribution in [1.29, 1.82) is 0 Å². The van der Waals surface area contributed by atoms with Crippen molar-refractivity contribution in [3.8, 4) is 5.75 Å². The topological polar surface area (TPSA) is 62.7 Å². The van der Waals surface area contributed by atoms with Crippen LogP contribution in [0.25, 0.3) is 10.9 Å². The minimum Gasteiger partial charge on any atom is -0.497 e. The quantitative estimate of drug-likeness (QED) is 0.220. The van der Waals surface area contributed by atoms with Gasteiger partial charge in [0, 0.05) is 41.7 Å². The fourth-order valence-corrected chi connectivity index (χ4v) is 7.03. The van der Waals surface area contributed by atoms with Crippen molar-refractivity contribution >= 4 is 51.8 Å². The zero-order valence-corrected chi connectivity index (χ0v) is 23.7. The van der Waals surface area contributed by atoms with Crippen LogP contribution in [-0.2, 0) is 4.79 Å². The number of hydrogen-bond acceptors (Lipinski definition) is 5. The molecule has 0 spiro atoms. The molecule has 3 atom stereocenters. The van der Waals surface area contributed by atoms with Crippen molar-refractivity contribution in [2.24, 2.45) is 11.8 Å². The summed E-state index contributed by atoms with van der Waals surface area (Å²) in [5, 5.41) is 11.4. The Bertz CT molecular complexity index is 1230. The number of aliphatic carboxylic acids is 1. The fraction of sp³-hybridized carbons (Fsp3) is 0.448. The number of nitrogens with zero attached hydrogens (tertiary/aromatic N) is 2. The maximum atomic E-state index is 15.6. The van der Waals surface area contributed by atoms with E-state index in [-0.39, 0.29) is 18.3 Å². The summed E-state index contributed by atoms with van der Waals surface area (Å²) >= 11 is 14.2. The number of ether oxygens (including phenoxy) is 1. The summed E-state index contributed by atoms with van der Waals surface area (Å²) < 4.78 is 20.9. The van der Waals surface area contributed by atoms with Gasteiger partial charge in [-0.15, -0.1) is 11.8 Å². The Morgan fingerprint density at radius 1 is 1.21 bits per heavy atom. The number of fused-ring (bicyclic) bond motifs is 1. The molecule has 1 fully saturated rings. The number of halogens is 3. The van der Waals surface area contributed by atoms with Crippen molar-refractivity contribution in [3.05, 3.63) is 64.3 Å². The molecule has 1 aromatic heterocycles. The van der Waals surface area contributed by atoms with Gasteiger partial charge in [-0.2, -0.15) is 0 Å². The molecule has 1 aliphatic heterocycles. The van der Waals surface area contributed by atoms with Crippen LogP contribution >= 0.6 is 35.0 Å². The number of piperidine rings is 1. The number of carboxylic acids is 1. The maximum absolute atomic E-state index is 15.6. The van der Waals surface area contributed by atoms with E-state index in [1.807, 2.05) is 36.4 Å². The number of methoxy groups -OCH3 is 1. The smallest absolute Gasteiger partial charge is 0.303 e. The molecule has 2 unspecified atom stereocenters. The second kappa shape index (κ2) is 13.8. The van der Waals surface area contributed by atoms with E-state index in [9.17, 15) is 9.90 Å². The van der Waals surface area contributed by atoms with E-state index in [0.717, 1.165) is 54.0 Å². The number of carboxylic acid groups (broad SMARTS) is 1. The number of hydrogen-bond donors (Lipinski definition) is 1. The van der Waals surface area contributed by atoms with E-state index in [1.54, 1.807) is 31.1 Å². The first kappa shape index (κ1) is 28.9. The van der Waals surface area contributed by atoms with Crippen LogP contribution in [0.1, 0.15) is 43.8 Å². The number of pyridine rings is 1. The molecule has 2 heterocycles. The molecule has 0 aliphatic carbocycles. The molecule has 5 nitrogen and oxygen atoms in total. The lowest BCUT2D eigenvalue weighted by molar-refractivity contribution is -0.137. The number of aromatic nitrogens is 1. The zero-order chi connectivity index (χ0) is 27.1. The van der Waals surface area contributed by atoms with E-state index < -0.39 is 12.1 Å². The molecular formula is C29H33Cl2FN2O3S. The Hall–Kier alpha value is -2.06. The third-order valence-electron chi connectivity index (χ3n) is 7.39. The van der Waals surface area contributed by atoms with Gasteiger partial charge in [-0.3, -0.25) is 9.78 Å². The Kier molecular flexibility index (Phi) is 10.5. The highest BCUT2D eigenvalue weighted by molar-refractivity contribution is 7.99. The summed E-state index contributed by atoms with van der Waals surface area (Å²) in [6, 6.07) is 12.8. The van der Waals surface area contributed by atoms with Gasteiger partial charge in [0.1, 0.15) is 11.9 Å². The van der Waals surface area contributed by atoms with E-state index >= 15 is 4.39 Å². The largest absolute Gasteiger partial charge is 0.497 e. The lowest BCUT2D eigenvalue weighted by Gasteiger charge is -2.39. The van der Waals surface area contributed by atoms with Crippen LogP contribution in [0, 0.1) is 11.8 Å². The molecule has 204 valence electrons. The normalized spacial score (nSPS) is 18.9. The van der Waals surface area contributed by atoms with Gasteiger partial charge in [0.15, 0.2) is 0 Å². The van der Waals surface area contributed by atoms with Gasteiger partial charge in [-0.25, -0.2) is 4.39 Å². The lowest BCUT2D eigenvalue weighted by Crippen LogP contribution is -2.41. The summed E-state index contributed by atoms with van der Waals surface area (Å²) in [4.78, 5) is 19.0. The maximum Gasteiger partial charge on any atom is 0.303 e. The van der Waals surface area contributed by atoms with E-state index in [4.69, 9.17) is 27.9 Å². The molecule has 1 N–H and O–H groups in total. The highest BCUT2D eigenvalue weighted by Gasteiger charge is 2.30. The third kappa shape index (κ3) is 7.53. The lowest BCUT2D eigenvalue weighted by atomic mass is 9.79. The number of benzene rings is 2. The average Bonchev–Trinajstić information content (AvgIpc) is 2.92. The molecule has 0 bridgehead atoms. The Morgan fingerprint density at radius 3 is 2.74 bits per heavy atom. The van der Waals surface area contributed by atoms with Crippen LogP contribution in [0.3, 0.4) is 0 Å². The predicted molar refractivity (Wildman–Crippen MR) is 153 cm³/mol. The minimum absolute atomic E-state index is 0.132. The van der Waals surface area contributed by atoms with Crippen LogP contribution < -0.4 is 4.74 Å². The van der Waals surface area contributed by atoms with Crippen molar-refractivity contribution in [2.45, 2.75) is 43.2 Å². The van der Waals surface area contributed by atoms with Crippen LogP contribution in [0.4, 0.5) is 4.39 Å². The molecule has 9 heteroatoms. The van der Waals surface area contributed by atoms with Crippen molar-refractivity contribution in [2.75, 3.05) is 32.5 Å². The summed E-state index contributed by atoms with van der Waals surface area (Å²) in [6.07, 6.45) is 3.31. The predicted octanol–water partition coefficient (Wildman–Crippen LogP) is 7.94. The molecular weight excluding hydrogens is 546 g/mol. The highest BCUT2D eigenvalue weighted by Crippen LogP contribution is 2.37. The summed E-state index contributed by atoms with van der Waals surface area (Å²) in [5.74, 6) is 1.23. The van der Waals surface area contributed by atoms with Gasteiger partial charge < -0.3 is 14.7 Å². The van der Waals surface area contributed by atoms with Gasteiger partial charge in [0.25, 0.3) is 0 Å². The van der Waals surface area contributed by atoms with Gasteiger partial charge in [-0.1, -0.05) is 29.3 Å². The molecule has 2 aromatic carbocycles. The van der Waals surface area contributed by atoms with Crippen LogP contribution in [0.15, 0.2) is 53.6 Å². The van der Waals surface area contributed by atoms with Crippen LogP contribution in [0.5, 0.6) is 5.75 Å². The Balaban J connectivity index is 1.36. The van der Waals surface area contributed by atoms with Gasteiger partial charge in [0.05, 0.1) is 22.7 Å². The minimum atomic E-state index is -1.12. The van der Waals surface area contributed by atoms with Gasteiger partial charge >= 0.3 is 5.97 Å². The Labute approximate surface area is 237 Å². The second-order valence-corrected chi connectivity index (χ2v) is 11.7. The van der Waals surface area contributed by atoms with Crippen molar-refractivity contribution in [3.63, 3.8) is 0 Å². The number of rotatable bonds is 12. The van der Waals surface area contributed by atoms with Crippen molar-refractivity contribution < 1.29 is 19.0 Å². The molecule has 0 amide bonds. The summed E-state index contributed by atoms with van der Waals surface area (Å²) in [6.45, 7) is 2.59. The molecule has 1 saturated heterocycles. The standard InChI is InChI=1S/C29H33Cl2FN2O3S/c1-37-21-7-9-27-23(17-21)22(11-13-33-27)26(32)8-5-19-12-14-34(18-20(19)6-10-28(35)36)15-16-38-29-24(30)3-2-4-25(29)31/h2-4,7,9,11,13,17,19-20,26H,5-6,8,10,12,14-16,18H2,1H3,(H,35,36)/t19?,20?,26-/m0/s1. The van der Waals surface area contributed by atoms with Gasteiger partial charge in [0.2, 0.25) is 0 Å². The first-order chi connectivity index (χ1) is 18.4.